The fraction of sp³-hybridized carbons (Fsp3) is 0.600. The summed E-state index contributed by atoms with van der Waals surface area (Å²) in [6.07, 6.45) is 5.81. The van der Waals surface area contributed by atoms with Crippen molar-refractivity contribution in [1.82, 2.24) is 10.3 Å². The lowest BCUT2D eigenvalue weighted by molar-refractivity contribution is 0.0943. The minimum absolute atomic E-state index is 0.00465. The minimum atomic E-state index is -0.00465. The molecule has 0 aliphatic heterocycles. The maximum atomic E-state index is 12.3. The van der Waals surface area contributed by atoms with Gasteiger partial charge < -0.3 is 10.6 Å². The van der Waals surface area contributed by atoms with Gasteiger partial charge in [0.2, 0.25) is 0 Å². The Morgan fingerprint density at radius 2 is 2.20 bits per heavy atom. The number of amides is 1. The van der Waals surface area contributed by atoms with E-state index in [0.29, 0.717) is 5.56 Å². The standard InChI is InChI=1S/C15H23N3OS/c1-4-16-13-9-12(8-11(2)18-13)14(19)17-10-15(20-3)6-5-7-15/h8-9H,4-7,10H2,1-3H3,(H,16,18)(H,17,19). The molecule has 2 N–H and O–H groups in total. The zero-order valence-electron chi connectivity index (χ0n) is 12.5. The van der Waals surface area contributed by atoms with Crippen LogP contribution >= 0.6 is 11.8 Å². The van der Waals surface area contributed by atoms with Crippen molar-refractivity contribution in [2.24, 2.45) is 0 Å². The lowest BCUT2D eigenvalue weighted by Gasteiger charge is -2.40. The van der Waals surface area contributed by atoms with Crippen LogP contribution in [0.2, 0.25) is 0 Å². The number of rotatable bonds is 6. The Morgan fingerprint density at radius 1 is 1.45 bits per heavy atom. The summed E-state index contributed by atoms with van der Waals surface area (Å²) in [7, 11) is 0. The highest BCUT2D eigenvalue weighted by Gasteiger charge is 2.36. The number of nitrogens with zero attached hydrogens (tertiary/aromatic N) is 1. The van der Waals surface area contributed by atoms with Crippen LogP contribution in [0.1, 0.15) is 42.2 Å². The molecule has 110 valence electrons. The lowest BCUT2D eigenvalue weighted by Crippen LogP contribution is -2.45. The molecule has 1 aromatic heterocycles. The van der Waals surface area contributed by atoms with Crippen molar-refractivity contribution in [3.63, 3.8) is 0 Å². The molecule has 0 unspecified atom stereocenters. The van der Waals surface area contributed by atoms with Crippen molar-refractivity contribution in [2.45, 2.75) is 37.9 Å². The van der Waals surface area contributed by atoms with Gasteiger partial charge in [0.05, 0.1) is 0 Å². The number of nitrogens with one attached hydrogen (secondary N) is 2. The minimum Gasteiger partial charge on any atom is -0.370 e. The van der Waals surface area contributed by atoms with E-state index in [4.69, 9.17) is 0 Å². The number of carbonyl (C=O) groups is 1. The van der Waals surface area contributed by atoms with Gasteiger partial charge in [-0.2, -0.15) is 11.8 Å². The predicted octanol–water partition coefficient (Wildman–Crippen LogP) is 2.84. The molecular formula is C15H23N3OS. The van der Waals surface area contributed by atoms with Gasteiger partial charge >= 0.3 is 0 Å². The average Bonchev–Trinajstić information content (AvgIpc) is 2.37. The van der Waals surface area contributed by atoms with Crippen molar-refractivity contribution in [3.05, 3.63) is 23.4 Å². The highest BCUT2D eigenvalue weighted by atomic mass is 32.2. The molecule has 1 aliphatic rings. The SMILES string of the molecule is CCNc1cc(C(=O)NCC2(SC)CCC2)cc(C)n1. The molecule has 0 spiro atoms. The number of pyridine rings is 1. The first-order valence-electron chi connectivity index (χ1n) is 7.14. The number of thioether (sulfide) groups is 1. The van der Waals surface area contributed by atoms with Crippen LogP contribution in [0.25, 0.3) is 0 Å². The van der Waals surface area contributed by atoms with Crippen molar-refractivity contribution >= 4 is 23.5 Å². The van der Waals surface area contributed by atoms with Gasteiger partial charge in [-0.1, -0.05) is 6.42 Å². The van der Waals surface area contributed by atoms with Crippen LogP contribution in [0, 0.1) is 6.92 Å². The van der Waals surface area contributed by atoms with E-state index < -0.39 is 0 Å². The number of anilines is 1. The fourth-order valence-electron chi connectivity index (χ4n) is 2.44. The summed E-state index contributed by atoms with van der Waals surface area (Å²) in [5.41, 5.74) is 1.54. The van der Waals surface area contributed by atoms with Gasteiger partial charge in [0, 0.05) is 29.1 Å². The summed E-state index contributed by atoms with van der Waals surface area (Å²) in [5.74, 6) is 0.760. The largest absolute Gasteiger partial charge is 0.370 e. The van der Waals surface area contributed by atoms with E-state index >= 15 is 0 Å². The Balaban J connectivity index is 2.01. The van der Waals surface area contributed by atoms with Crippen LogP contribution in [-0.2, 0) is 0 Å². The molecule has 0 atom stereocenters. The van der Waals surface area contributed by atoms with Crippen molar-refractivity contribution < 1.29 is 4.79 Å². The van der Waals surface area contributed by atoms with E-state index in [1.165, 1.54) is 19.3 Å². The number of hydrogen-bond donors (Lipinski definition) is 2. The van der Waals surface area contributed by atoms with Crippen LogP contribution in [0.4, 0.5) is 5.82 Å². The van der Waals surface area contributed by atoms with Gasteiger partial charge in [-0.25, -0.2) is 4.98 Å². The maximum absolute atomic E-state index is 12.3. The third-order valence-electron chi connectivity index (χ3n) is 3.84. The third kappa shape index (κ3) is 3.45. The zero-order chi connectivity index (χ0) is 14.6. The molecule has 1 aliphatic carbocycles. The molecule has 1 saturated carbocycles. The normalized spacial score (nSPS) is 16.4. The fourth-order valence-corrected chi connectivity index (χ4v) is 3.35. The van der Waals surface area contributed by atoms with Crippen LogP contribution in [-0.4, -0.2) is 35.0 Å². The summed E-state index contributed by atoms with van der Waals surface area (Å²) in [6, 6.07) is 3.65. The molecule has 1 heterocycles. The number of aryl methyl sites for hydroxylation is 1. The smallest absolute Gasteiger partial charge is 0.251 e. The number of aromatic nitrogens is 1. The molecule has 0 radical (unpaired) electrons. The molecule has 1 aromatic rings. The Bertz CT molecular complexity index is 480. The summed E-state index contributed by atoms with van der Waals surface area (Å²) >= 11 is 1.87. The van der Waals surface area contributed by atoms with E-state index in [2.05, 4.69) is 21.9 Å². The summed E-state index contributed by atoms with van der Waals surface area (Å²) in [5, 5.41) is 6.23. The quantitative estimate of drug-likeness (QED) is 0.847. The number of hydrogen-bond acceptors (Lipinski definition) is 4. The van der Waals surface area contributed by atoms with E-state index in [1.54, 1.807) is 0 Å². The van der Waals surface area contributed by atoms with Gasteiger partial charge in [-0.15, -0.1) is 0 Å². The van der Waals surface area contributed by atoms with E-state index in [9.17, 15) is 4.79 Å². The topological polar surface area (TPSA) is 54.0 Å². The molecule has 5 heteroatoms. The van der Waals surface area contributed by atoms with E-state index in [1.807, 2.05) is 37.7 Å². The van der Waals surface area contributed by atoms with Crippen LogP contribution < -0.4 is 10.6 Å². The first kappa shape index (κ1) is 15.2. The molecule has 2 rings (SSSR count). The molecular weight excluding hydrogens is 270 g/mol. The molecule has 0 saturated heterocycles. The van der Waals surface area contributed by atoms with E-state index in [0.717, 1.165) is 24.6 Å². The van der Waals surface area contributed by atoms with Gasteiger partial charge in [0.25, 0.3) is 5.91 Å². The van der Waals surface area contributed by atoms with Crippen molar-refractivity contribution in [3.8, 4) is 0 Å². The monoisotopic (exact) mass is 293 g/mol. The maximum Gasteiger partial charge on any atom is 0.251 e. The average molecular weight is 293 g/mol. The van der Waals surface area contributed by atoms with Crippen molar-refractivity contribution in [1.29, 1.82) is 0 Å². The van der Waals surface area contributed by atoms with Gasteiger partial charge in [-0.3, -0.25) is 4.79 Å². The molecule has 0 bridgehead atoms. The van der Waals surface area contributed by atoms with Crippen LogP contribution in [0.5, 0.6) is 0 Å². The van der Waals surface area contributed by atoms with Crippen LogP contribution in [0.15, 0.2) is 12.1 Å². The first-order chi connectivity index (χ1) is 9.58. The van der Waals surface area contributed by atoms with E-state index in [-0.39, 0.29) is 10.7 Å². The van der Waals surface area contributed by atoms with Gasteiger partial charge in [0.15, 0.2) is 0 Å². The van der Waals surface area contributed by atoms with Gasteiger partial charge in [-0.05, 0) is 45.1 Å². The first-order valence-corrected chi connectivity index (χ1v) is 8.37. The molecule has 1 amide bonds. The summed E-state index contributed by atoms with van der Waals surface area (Å²) in [4.78, 5) is 16.6. The molecule has 20 heavy (non-hydrogen) atoms. The van der Waals surface area contributed by atoms with Crippen molar-refractivity contribution in [2.75, 3.05) is 24.7 Å². The Labute approximate surface area is 125 Å². The number of carbonyl (C=O) groups excluding carboxylic acids is 1. The Kier molecular flexibility index (Phi) is 4.91. The summed E-state index contributed by atoms with van der Waals surface area (Å²) < 4.78 is 0.266. The summed E-state index contributed by atoms with van der Waals surface area (Å²) in [6.45, 7) is 5.48. The zero-order valence-corrected chi connectivity index (χ0v) is 13.3. The lowest BCUT2D eigenvalue weighted by atomic mass is 9.84. The second-order valence-corrected chi connectivity index (χ2v) is 6.61. The third-order valence-corrected chi connectivity index (χ3v) is 5.26. The second-order valence-electron chi connectivity index (χ2n) is 5.34. The van der Waals surface area contributed by atoms with Gasteiger partial charge in [0.1, 0.15) is 5.82 Å². The molecule has 1 fully saturated rings. The Hall–Kier alpha value is -1.23. The molecule has 4 nitrogen and oxygen atoms in total. The predicted molar refractivity (Wildman–Crippen MR) is 85.6 cm³/mol. The van der Waals surface area contributed by atoms with Crippen LogP contribution in [0.3, 0.4) is 0 Å². The Morgan fingerprint density at radius 3 is 2.75 bits per heavy atom. The molecule has 0 aromatic carbocycles. The highest BCUT2D eigenvalue weighted by molar-refractivity contribution is 8.00. The highest BCUT2D eigenvalue weighted by Crippen LogP contribution is 2.42. The second kappa shape index (κ2) is 6.48.